The fraction of sp³-hybridized carbons (Fsp3) is 0.923. The highest BCUT2D eigenvalue weighted by Gasteiger charge is 2.41. The summed E-state index contributed by atoms with van der Waals surface area (Å²) < 4.78 is 5.53. The largest absolute Gasteiger partial charge is 0.368 e. The van der Waals surface area contributed by atoms with Crippen LogP contribution in [0.1, 0.15) is 39.0 Å². The van der Waals surface area contributed by atoms with Gasteiger partial charge in [-0.2, -0.15) is 0 Å². The standard InChI is InChI=1S/C13H24N2O2/c1-10-4-3-5-11(10)15-12(16)13(17-2)6-8-14-9-7-13/h10-11,14H,3-9H2,1-2H3,(H,15,16). The Morgan fingerprint density at radius 1 is 1.35 bits per heavy atom. The first-order valence-electron chi connectivity index (χ1n) is 6.75. The first-order chi connectivity index (χ1) is 8.18. The summed E-state index contributed by atoms with van der Waals surface area (Å²) in [6, 6.07) is 0.351. The minimum atomic E-state index is -0.590. The first kappa shape index (κ1) is 12.8. The van der Waals surface area contributed by atoms with Gasteiger partial charge in [0, 0.05) is 13.2 Å². The zero-order chi connectivity index (χ0) is 12.3. The van der Waals surface area contributed by atoms with E-state index in [0.717, 1.165) is 32.4 Å². The zero-order valence-electron chi connectivity index (χ0n) is 10.9. The lowest BCUT2D eigenvalue weighted by molar-refractivity contribution is -0.147. The second-order valence-electron chi connectivity index (χ2n) is 5.44. The van der Waals surface area contributed by atoms with E-state index in [0.29, 0.717) is 12.0 Å². The normalized spacial score (nSPS) is 32.4. The van der Waals surface area contributed by atoms with Crippen molar-refractivity contribution in [2.75, 3.05) is 20.2 Å². The number of hydrogen-bond acceptors (Lipinski definition) is 3. The molecule has 2 atom stereocenters. The van der Waals surface area contributed by atoms with Gasteiger partial charge in [-0.1, -0.05) is 13.3 Å². The third kappa shape index (κ3) is 2.63. The van der Waals surface area contributed by atoms with Crippen molar-refractivity contribution in [2.24, 2.45) is 5.92 Å². The maximum Gasteiger partial charge on any atom is 0.252 e. The highest BCUT2D eigenvalue weighted by Crippen LogP contribution is 2.27. The van der Waals surface area contributed by atoms with Crippen molar-refractivity contribution in [3.05, 3.63) is 0 Å². The monoisotopic (exact) mass is 240 g/mol. The molecule has 2 aliphatic rings. The average Bonchev–Trinajstić information content (AvgIpc) is 2.76. The van der Waals surface area contributed by atoms with E-state index in [-0.39, 0.29) is 5.91 Å². The summed E-state index contributed by atoms with van der Waals surface area (Å²) in [5.74, 6) is 0.704. The number of amides is 1. The molecule has 0 bridgehead atoms. The van der Waals surface area contributed by atoms with Crippen LogP contribution in [0.2, 0.25) is 0 Å². The summed E-state index contributed by atoms with van der Waals surface area (Å²) in [6.45, 7) is 3.95. The molecule has 2 unspecified atom stereocenters. The summed E-state index contributed by atoms with van der Waals surface area (Å²) in [4.78, 5) is 12.4. The topological polar surface area (TPSA) is 50.4 Å². The Morgan fingerprint density at radius 3 is 2.59 bits per heavy atom. The van der Waals surface area contributed by atoms with Crippen LogP contribution < -0.4 is 10.6 Å². The van der Waals surface area contributed by atoms with Crippen LogP contribution in [0.3, 0.4) is 0 Å². The van der Waals surface area contributed by atoms with Crippen LogP contribution in [0.25, 0.3) is 0 Å². The van der Waals surface area contributed by atoms with E-state index in [1.807, 2.05) is 0 Å². The average molecular weight is 240 g/mol. The van der Waals surface area contributed by atoms with Crippen LogP contribution in [0.15, 0.2) is 0 Å². The Morgan fingerprint density at radius 2 is 2.06 bits per heavy atom. The number of methoxy groups -OCH3 is 1. The molecule has 0 spiro atoms. The number of hydrogen-bond donors (Lipinski definition) is 2. The van der Waals surface area contributed by atoms with Crippen LogP contribution >= 0.6 is 0 Å². The SMILES string of the molecule is COC1(C(=O)NC2CCCC2C)CCNCC1. The van der Waals surface area contributed by atoms with Crippen molar-refractivity contribution in [1.82, 2.24) is 10.6 Å². The molecule has 4 heteroatoms. The Hall–Kier alpha value is -0.610. The molecule has 2 N–H and O–H groups in total. The van der Waals surface area contributed by atoms with E-state index in [1.165, 1.54) is 12.8 Å². The molecule has 0 radical (unpaired) electrons. The Bertz CT molecular complexity index is 275. The summed E-state index contributed by atoms with van der Waals surface area (Å²) in [5.41, 5.74) is -0.590. The van der Waals surface area contributed by atoms with Crippen LogP contribution in [-0.4, -0.2) is 37.7 Å². The number of piperidine rings is 1. The molecule has 1 aliphatic heterocycles. The highest BCUT2D eigenvalue weighted by atomic mass is 16.5. The molecule has 1 amide bonds. The number of carbonyl (C=O) groups excluding carboxylic acids is 1. The molecule has 1 heterocycles. The minimum absolute atomic E-state index is 0.0975. The van der Waals surface area contributed by atoms with Gasteiger partial charge in [0.05, 0.1) is 0 Å². The molecule has 1 saturated carbocycles. The summed E-state index contributed by atoms with van der Waals surface area (Å²) >= 11 is 0. The number of ether oxygens (including phenoxy) is 1. The van der Waals surface area contributed by atoms with Crippen molar-refractivity contribution < 1.29 is 9.53 Å². The Labute approximate surface area is 103 Å². The molecule has 2 fully saturated rings. The van der Waals surface area contributed by atoms with E-state index < -0.39 is 5.60 Å². The third-order valence-electron chi connectivity index (χ3n) is 4.39. The van der Waals surface area contributed by atoms with Crippen LogP contribution in [0.5, 0.6) is 0 Å². The molecule has 0 aromatic rings. The lowest BCUT2D eigenvalue weighted by Gasteiger charge is -2.36. The fourth-order valence-electron chi connectivity index (χ4n) is 3.01. The maximum absolute atomic E-state index is 12.4. The van der Waals surface area contributed by atoms with Gasteiger partial charge in [-0.3, -0.25) is 4.79 Å². The molecule has 4 nitrogen and oxygen atoms in total. The third-order valence-corrected chi connectivity index (χ3v) is 4.39. The second kappa shape index (κ2) is 5.36. The van der Waals surface area contributed by atoms with Crippen LogP contribution in [0.4, 0.5) is 0 Å². The van der Waals surface area contributed by atoms with Gasteiger partial charge in [0.15, 0.2) is 0 Å². The molecule has 0 aromatic heterocycles. The van der Waals surface area contributed by atoms with Gasteiger partial charge in [-0.25, -0.2) is 0 Å². The predicted octanol–water partition coefficient (Wildman–Crippen LogP) is 1.06. The predicted molar refractivity (Wildman–Crippen MR) is 66.8 cm³/mol. The van der Waals surface area contributed by atoms with E-state index in [4.69, 9.17) is 4.74 Å². The number of nitrogens with one attached hydrogen (secondary N) is 2. The van der Waals surface area contributed by atoms with Gasteiger partial charge in [0.25, 0.3) is 5.91 Å². The van der Waals surface area contributed by atoms with Gasteiger partial charge in [-0.15, -0.1) is 0 Å². The van der Waals surface area contributed by atoms with Crippen molar-refractivity contribution >= 4 is 5.91 Å². The van der Waals surface area contributed by atoms with Crippen molar-refractivity contribution in [1.29, 1.82) is 0 Å². The van der Waals surface area contributed by atoms with E-state index in [1.54, 1.807) is 7.11 Å². The maximum atomic E-state index is 12.4. The summed E-state index contributed by atoms with van der Waals surface area (Å²) in [5, 5.41) is 6.47. The molecule has 0 aromatic carbocycles. The van der Waals surface area contributed by atoms with Gasteiger partial charge in [0.1, 0.15) is 5.60 Å². The van der Waals surface area contributed by atoms with Crippen LogP contribution in [-0.2, 0) is 9.53 Å². The molecule has 1 aliphatic carbocycles. The number of rotatable bonds is 3. The summed E-state index contributed by atoms with van der Waals surface area (Å²) in [7, 11) is 1.66. The molecule has 98 valence electrons. The Kier molecular flexibility index (Phi) is 4.05. The molecule has 17 heavy (non-hydrogen) atoms. The first-order valence-corrected chi connectivity index (χ1v) is 6.75. The van der Waals surface area contributed by atoms with Gasteiger partial charge >= 0.3 is 0 Å². The Balaban J connectivity index is 1.97. The van der Waals surface area contributed by atoms with Crippen molar-refractivity contribution in [3.8, 4) is 0 Å². The fourth-order valence-corrected chi connectivity index (χ4v) is 3.01. The number of carbonyl (C=O) groups is 1. The van der Waals surface area contributed by atoms with Gasteiger partial charge < -0.3 is 15.4 Å². The quantitative estimate of drug-likeness (QED) is 0.775. The van der Waals surface area contributed by atoms with E-state index in [9.17, 15) is 4.79 Å². The summed E-state index contributed by atoms with van der Waals surface area (Å²) in [6.07, 6.45) is 5.12. The van der Waals surface area contributed by atoms with Crippen molar-refractivity contribution in [2.45, 2.75) is 50.7 Å². The van der Waals surface area contributed by atoms with Gasteiger partial charge in [-0.05, 0) is 44.7 Å². The van der Waals surface area contributed by atoms with Crippen molar-refractivity contribution in [3.63, 3.8) is 0 Å². The lowest BCUT2D eigenvalue weighted by atomic mass is 9.90. The lowest BCUT2D eigenvalue weighted by Crippen LogP contribution is -2.56. The zero-order valence-corrected chi connectivity index (χ0v) is 10.9. The minimum Gasteiger partial charge on any atom is -0.368 e. The second-order valence-corrected chi connectivity index (χ2v) is 5.44. The highest BCUT2D eigenvalue weighted by molar-refractivity contribution is 5.85. The van der Waals surface area contributed by atoms with Crippen LogP contribution in [0, 0.1) is 5.92 Å². The molecular formula is C13H24N2O2. The van der Waals surface area contributed by atoms with Gasteiger partial charge in [0.2, 0.25) is 0 Å². The van der Waals surface area contributed by atoms with E-state index in [2.05, 4.69) is 17.6 Å². The van der Waals surface area contributed by atoms with E-state index >= 15 is 0 Å². The molecule has 1 saturated heterocycles. The smallest absolute Gasteiger partial charge is 0.252 e. The molecular weight excluding hydrogens is 216 g/mol. The molecule has 2 rings (SSSR count).